The highest BCUT2D eigenvalue weighted by atomic mass is 16.5. The molecular weight excluding hydrogens is 260 g/mol. The van der Waals surface area contributed by atoms with Crippen LogP contribution in [-0.2, 0) is 0 Å². The second-order valence-corrected chi connectivity index (χ2v) is 4.20. The van der Waals surface area contributed by atoms with Crippen LogP contribution in [0.15, 0.2) is 42.5 Å². The van der Waals surface area contributed by atoms with E-state index in [0.717, 1.165) is 6.07 Å². The number of hydrogen-bond donors (Lipinski definition) is 2. The van der Waals surface area contributed by atoms with Crippen molar-refractivity contribution in [1.29, 1.82) is 0 Å². The van der Waals surface area contributed by atoms with Crippen LogP contribution in [0.25, 0.3) is 0 Å². The second-order valence-electron chi connectivity index (χ2n) is 4.20. The molecule has 0 aliphatic rings. The molecule has 0 bridgehead atoms. The lowest BCUT2D eigenvalue weighted by Crippen LogP contribution is -2.09. The van der Waals surface area contributed by atoms with Gasteiger partial charge in [-0.25, -0.2) is 9.59 Å². The fourth-order valence-electron chi connectivity index (χ4n) is 1.72. The molecule has 20 heavy (non-hydrogen) atoms. The van der Waals surface area contributed by atoms with Gasteiger partial charge >= 0.3 is 11.9 Å². The first-order valence-corrected chi connectivity index (χ1v) is 5.83. The Morgan fingerprint density at radius 1 is 1.10 bits per heavy atom. The highest BCUT2D eigenvalue weighted by molar-refractivity contribution is 5.93. The summed E-state index contributed by atoms with van der Waals surface area (Å²) in [6.45, 7) is 1.56. The molecule has 5 nitrogen and oxygen atoms in total. The zero-order chi connectivity index (χ0) is 14.7. The minimum atomic E-state index is -1.15. The van der Waals surface area contributed by atoms with Gasteiger partial charge in [-0.05, 0) is 36.8 Å². The number of hydrogen-bond acceptors (Lipinski definition) is 4. The lowest BCUT2D eigenvalue weighted by Gasteiger charge is -2.09. The molecule has 0 fully saturated rings. The first-order chi connectivity index (χ1) is 9.49. The van der Waals surface area contributed by atoms with Crippen molar-refractivity contribution in [3.63, 3.8) is 0 Å². The summed E-state index contributed by atoms with van der Waals surface area (Å²) < 4.78 is 5.06. The number of carbonyl (C=O) groups is 2. The largest absolute Gasteiger partial charge is 0.504 e. The summed E-state index contributed by atoms with van der Waals surface area (Å²) in [6.07, 6.45) is 0. The molecule has 0 spiro atoms. The van der Waals surface area contributed by atoms with Gasteiger partial charge in [-0.2, -0.15) is 0 Å². The number of carboxylic acids is 1. The van der Waals surface area contributed by atoms with E-state index in [0.29, 0.717) is 11.1 Å². The number of phenols is 1. The molecule has 0 heterocycles. The molecule has 0 radical (unpaired) electrons. The molecule has 2 N–H and O–H groups in total. The van der Waals surface area contributed by atoms with Crippen molar-refractivity contribution >= 4 is 11.9 Å². The summed E-state index contributed by atoms with van der Waals surface area (Å²) in [7, 11) is 0. The van der Waals surface area contributed by atoms with E-state index >= 15 is 0 Å². The molecule has 0 saturated heterocycles. The molecule has 0 aliphatic carbocycles. The van der Waals surface area contributed by atoms with Gasteiger partial charge in [-0.1, -0.05) is 18.2 Å². The highest BCUT2D eigenvalue weighted by Gasteiger charge is 2.16. The average Bonchev–Trinajstić information content (AvgIpc) is 2.43. The summed E-state index contributed by atoms with van der Waals surface area (Å²) in [6, 6.07) is 10.7. The number of aryl methyl sites for hydroxylation is 1. The third kappa shape index (κ3) is 2.77. The number of phenolic OH excluding ortho intramolecular Hbond substituents is 1. The monoisotopic (exact) mass is 272 g/mol. The van der Waals surface area contributed by atoms with E-state index in [2.05, 4.69) is 0 Å². The molecule has 0 saturated carbocycles. The van der Waals surface area contributed by atoms with E-state index in [9.17, 15) is 14.7 Å². The van der Waals surface area contributed by atoms with Crippen LogP contribution in [0.2, 0.25) is 0 Å². The topological polar surface area (TPSA) is 83.8 Å². The van der Waals surface area contributed by atoms with Crippen molar-refractivity contribution in [3.05, 3.63) is 59.2 Å². The van der Waals surface area contributed by atoms with Gasteiger partial charge in [0.15, 0.2) is 11.5 Å². The van der Waals surface area contributed by atoms with Crippen LogP contribution in [0.1, 0.15) is 26.3 Å². The number of ether oxygens (including phenoxy) is 1. The molecule has 0 unspecified atom stereocenters. The van der Waals surface area contributed by atoms with Gasteiger partial charge in [0.25, 0.3) is 0 Å². The third-order valence-corrected chi connectivity index (χ3v) is 2.75. The van der Waals surface area contributed by atoms with Gasteiger partial charge in [0.1, 0.15) is 0 Å². The lowest BCUT2D eigenvalue weighted by atomic mass is 10.1. The SMILES string of the molecule is Cc1cc(OC(=O)c2ccccc2)c(O)cc1C(=O)O. The second kappa shape index (κ2) is 5.44. The van der Waals surface area contributed by atoms with Crippen LogP contribution in [0.3, 0.4) is 0 Å². The van der Waals surface area contributed by atoms with E-state index in [-0.39, 0.29) is 11.3 Å². The zero-order valence-electron chi connectivity index (χ0n) is 10.7. The van der Waals surface area contributed by atoms with E-state index in [1.807, 2.05) is 0 Å². The number of aromatic carboxylic acids is 1. The number of benzene rings is 2. The van der Waals surface area contributed by atoms with Crippen molar-refractivity contribution in [3.8, 4) is 11.5 Å². The predicted octanol–water partition coefficient (Wildman–Crippen LogP) is 2.62. The molecule has 0 aromatic heterocycles. The number of rotatable bonds is 3. The van der Waals surface area contributed by atoms with E-state index in [1.54, 1.807) is 37.3 Å². The molecule has 2 aromatic rings. The Kier molecular flexibility index (Phi) is 3.70. The van der Waals surface area contributed by atoms with Gasteiger partial charge in [0.2, 0.25) is 0 Å². The van der Waals surface area contributed by atoms with Crippen LogP contribution < -0.4 is 4.74 Å². The summed E-state index contributed by atoms with van der Waals surface area (Å²) >= 11 is 0. The van der Waals surface area contributed by atoms with Crippen LogP contribution in [-0.4, -0.2) is 22.2 Å². The fourth-order valence-corrected chi connectivity index (χ4v) is 1.72. The summed E-state index contributed by atoms with van der Waals surface area (Å²) in [5.74, 6) is -2.24. The van der Waals surface area contributed by atoms with Gasteiger partial charge in [0, 0.05) is 0 Å². The summed E-state index contributed by atoms with van der Waals surface area (Å²) in [4.78, 5) is 22.8. The Morgan fingerprint density at radius 3 is 2.35 bits per heavy atom. The van der Waals surface area contributed by atoms with Gasteiger partial charge in [-0.15, -0.1) is 0 Å². The third-order valence-electron chi connectivity index (χ3n) is 2.75. The minimum absolute atomic E-state index is 0.0398. The van der Waals surface area contributed by atoms with E-state index < -0.39 is 17.7 Å². The summed E-state index contributed by atoms with van der Waals surface area (Å²) in [5, 5.41) is 18.6. The molecule has 2 rings (SSSR count). The Labute approximate surface area is 115 Å². The number of aromatic hydroxyl groups is 1. The Bertz CT molecular complexity index is 661. The average molecular weight is 272 g/mol. The molecular formula is C15H12O5. The maximum atomic E-state index is 11.8. The minimum Gasteiger partial charge on any atom is -0.504 e. The van der Waals surface area contributed by atoms with Crippen molar-refractivity contribution in [2.45, 2.75) is 6.92 Å². The Balaban J connectivity index is 2.29. The summed E-state index contributed by atoms with van der Waals surface area (Å²) in [5.41, 5.74) is 0.694. The van der Waals surface area contributed by atoms with Crippen molar-refractivity contribution in [2.75, 3.05) is 0 Å². The van der Waals surface area contributed by atoms with Gasteiger partial charge < -0.3 is 14.9 Å². The Hall–Kier alpha value is -2.82. The van der Waals surface area contributed by atoms with Gasteiger partial charge in [-0.3, -0.25) is 0 Å². The highest BCUT2D eigenvalue weighted by Crippen LogP contribution is 2.30. The van der Waals surface area contributed by atoms with Crippen LogP contribution in [0.4, 0.5) is 0 Å². The Morgan fingerprint density at radius 2 is 1.75 bits per heavy atom. The van der Waals surface area contributed by atoms with Gasteiger partial charge in [0.05, 0.1) is 11.1 Å². The van der Waals surface area contributed by atoms with E-state index in [4.69, 9.17) is 9.84 Å². The standard InChI is InChI=1S/C15H12O5/c1-9-7-13(12(16)8-11(9)14(17)18)20-15(19)10-5-3-2-4-6-10/h2-8,16H,1H3,(H,17,18). The van der Waals surface area contributed by atoms with Crippen molar-refractivity contribution in [2.24, 2.45) is 0 Å². The number of esters is 1. The maximum absolute atomic E-state index is 11.8. The molecule has 0 amide bonds. The molecule has 0 atom stereocenters. The molecule has 102 valence electrons. The smallest absolute Gasteiger partial charge is 0.343 e. The van der Waals surface area contributed by atoms with Crippen LogP contribution in [0, 0.1) is 6.92 Å². The predicted molar refractivity (Wildman–Crippen MR) is 71.2 cm³/mol. The number of carboxylic acid groups (broad SMARTS) is 1. The van der Waals surface area contributed by atoms with Crippen LogP contribution in [0.5, 0.6) is 11.5 Å². The molecule has 5 heteroatoms. The normalized spacial score (nSPS) is 10.1. The lowest BCUT2D eigenvalue weighted by molar-refractivity contribution is 0.0695. The van der Waals surface area contributed by atoms with Crippen molar-refractivity contribution in [1.82, 2.24) is 0 Å². The fraction of sp³-hybridized carbons (Fsp3) is 0.0667. The number of carbonyl (C=O) groups excluding carboxylic acids is 1. The first-order valence-electron chi connectivity index (χ1n) is 5.83. The maximum Gasteiger partial charge on any atom is 0.343 e. The zero-order valence-corrected chi connectivity index (χ0v) is 10.7. The molecule has 2 aromatic carbocycles. The molecule has 0 aliphatic heterocycles. The quantitative estimate of drug-likeness (QED) is 0.662. The van der Waals surface area contributed by atoms with Crippen LogP contribution >= 0.6 is 0 Å². The van der Waals surface area contributed by atoms with Crippen molar-refractivity contribution < 1.29 is 24.5 Å². The first kappa shape index (κ1) is 13.6. The van der Waals surface area contributed by atoms with E-state index in [1.165, 1.54) is 6.07 Å².